The minimum atomic E-state index is 0.0481. The van der Waals surface area contributed by atoms with Crippen molar-refractivity contribution in [2.45, 2.75) is 39.8 Å². The molecule has 0 saturated heterocycles. The third kappa shape index (κ3) is 3.20. The summed E-state index contributed by atoms with van der Waals surface area (Å²) in [7, 11) is 1.95. The molecule has 1 heterocycles. The summed E-state index contributed by atoms with van der Waals surface area (Å²) < 4.78 is 7.77. The molecule has 4 nitrogen and oxygen atoms in total. The van der Waals surface area contributed by atoms with Crippen LogP contribution in [0.15, 0.2) is 24.3 Å². The van der Waals surface area contributed by atoms with Crippen LogP contribution in [-0.2, 0) is 20.1 Å². The van der Waals surface area contributed by atoms with Crippen molar-refractivity contribution in [2.75, 3.05) is 0 Å². The van der Waals surface area contributed by atoms with Gasteiger partial charge in [0.15, 0.2) is 0 Å². The van der Waals surface area contributed by atoms with Gasteiger partial charge < -0.3 is 10.5 Å². The third-order valence-corrected chi connectivity index (χ3v) is 3.49. The fourth-order valence-electron chi connectivity index (χ4n) is 2.15. The van der Waals surface area contributed by atoms with E-state index >= 15 is 0 Å². The Balaban J connectivity index is 2.08. The van der Waals surface area contributed by atoms with E-state index in [0.717, 1.165) is 34.7 Å². The number of ether oxygens (including phenoxy) is 1. The molecule has 0 amide bonds. The van der Waals surface area contributed by atoms with Crippen LogP contribution in [0.2, 0.25) is 0 Å². The molecule has 108 valence electrons. The van der Waals surface area contributed by atoms with Crippen molar-refractivity contribution in [3.8, 4) is 5.75 Å². The van der Waals surface area contributed by atoms with Crippen LogP contribution in [0.1, 0.15) is 42.4 Å². The Morgan fingerprint density at radius 3 is 2.65 bits per heavy atom. The lowest BCUT2D eigenvalue weighted by atomic mass is 10.1. The van der Waals surface area contributed by atoms with Crippen molar-refractivity contribution in [3.05, 3.63) is 46.8 Å². The van der Waals surface area contributed by atoms with E-state index in [2.05, 4.69) is 24.2 Å². The summed E-state index contributed by atoms with van der Waals surface area (Å²) in [4.78, 5) is 0. The zero-order valence-corrected chi connectivity index (χ0v) is 12.7. The first kappa shape index (κ1) is 14.6. The SMILES string of the molecule is CCc1cc(COc2ccc([C@H](C)N)cc2C)n(C)n1. The van der Waals surface area contributed by atoms with Crippen molar-refractivity contribution in [1.29, 1.82) is 0 Å². The van der Waals surface area contributed by atoms with Gasteiger partial charge in [0.25, 0.3) is 0 Å². The predicted molar refractivity (Wildman–Crippen MR) is 80.7 cm³/mol. The normalized spacial score (nSPS) is 12.4. The molecule has 1 aromatic heterocycles. The first-order valence-electron chi connectivity index (χ1n) is 7.02. The second-order valence-electron chi connectivity index (χ2n) is 5.21. The van der Waals surface area contributed by atoms with Gasteiger partial charge in [0.05, 0.1) is 11.4 Å². The van der Waals surface area contributed by atoms with Crippen LogP contribution >= 0.6 is 0 Å². The summed E-state index contributed by atoms with van der Waals surface area (Å²) in [5.41, 5.74) is 10.3. The molecule has 2 rings (SSSR count). The minimum absolute atomic E-state index is 0.0481. The van der Waals surface area contributed by atoms with Gasteiger partial charge in [-0.2, -0.15) is 5.10 Å². The van der Waals surface area contributed by atoms with Gasteiger partial charge in [-0.15, -0.1) is 0 Å². The quantitative estimate of drug-likeness (QED) is 0.911. The fourth-order valence-corrected chi connectivity index (χ4v) is 2.15. The van der Waals surface area contributed by atoms with Crippen LogP contribution in [0, 0.1) is 6.92 Å². The van der Waals surface area contributed by atoms with Crippen molar-refractivity contribution in [3.63, 3.8) is 0 Å². The Morgan fingerprint density at radius 2 is 2.10 bits per heavy atom. The molecule has 0 saturated carbocycles. The molecule has 0 fully saturated rings. The molecule has 0 radical (unpaired) electrons. The lowest BCUT2D eigenvalue weighted by Crippen LogP contribution is -2.06. The number of hydrogen-bond acceptors (Lipinski definition) is 3. The highest BCUT2D eigenvalue weighted by molar-refractivity contribution is 5.37. The van der Waals surface area contributed by atoms with Gasteiger partial charge in [0.1, 0.15) is 12.4 Å². The predicted octanol–water partition coefficient (Wildman–Crippen LogP) is 2.89. The summed E-state index contributed by atoms with van der Waals surface area (Å²) >= 11 is 0. The molecular formula is C16H23N3O. The van der Waals surface area contributed by atoms with Gasteiger partial charge in [0.2, 0.25) is 0 Å². The molecule has 0 unspecified atom stereocenters. The molecule has 2 N–H and O–H groups in total. The lowest BCUT2D eigenvalue weighted by Gasteiger charge is -2.12. The lowest BCUT2D eigenvalue weighted by molar-refractivity contribution is 0.293. The number of rotatable bonds is 5. The first-order chi connectivity index (χ1) is 9.51. The summed E-state index contributed by atoms with van der Waals surface area (Å²) in [6.45, 7) is 6.66. The summed E-state index contributed by atoms with van der Waals surface area (Å²) in [5, 5.41) is 4.42. The van der Waals surface area contributed by atoms with Gasteiger partial charge >= 0.3 is 0 Å². The van der Waals surface area contributed by atoms with Crippen LogP contribution in [0.25, 0.3) is 0 Å². The number of nitrogens with two attached hydrogens (primary N) is 1. The van der Waals surface area contributed by atoms with Gasteiger partial charge in [-0.1, -0.05) is 19.1 Å². The second-order valence-corrected chi connectivity index (χ2v) is 5.21. The van der Waals surface area contributed by atoms with Crippen molar-refractivity contribution < 1.29 is 4.74 Å². The van der Waals surface area contributed by atoms with Crippen LogP contribution in [0.3, 0.4) is 0 Å². The number of aromatic nitrogens is 2. The van der Waals surface area contributed by atoms with Gasteiger partial charge in [-0.05, 0) is 43.5 Å². The third-order valence-electron chi connectivity index (χ3n) is 3.49. The van der Waals surface area contributed by atoms with Crippen molar-refractivity contribution in [2.24, 2.45) is 12.8 Å². The fraction of sp³-hybridized carbons (Fsp3) is 0.438. The Hall–Kier alpha value is -1.81. The highest BCUT2D eigenvalue weighted by atomic mass is 16.5. The van der Waals surface area contributed by atoms with E-state index in [0.29, 0.717) is 6.61 Å². The molecule has 1 atom stereocenters. The molecule has 2 aromatic rings. The Morgan fingerprint density at radius 1 is 1.35 bits per heavy atom. The number of hydrogen-bond donors (Lipinski definition) is 1. The van der Waals surface area contributed by atoms with Crippen molar-refractivity contribution >= 4 is 0 Å². The molecule has 0 spiro atoms. The maximum absolute atomic E-state index is 5.89. The van der Waals surface area contributed by atoms with E-state index in [1.54, 1.807) is 0 Å². The van der Waals surface area contributed by atoms with E-state index in [1.807, 2.05) is 37.7 Å². The molecule has 0 bridgehead atoms. The van der Waals surface area contributed by atoms with E-state index in [9.17, 15) is 0 Å². The Bertz CT molecular complexity index is 587. The molecule has 20 heavy (non-hydrogen) atoms. The molecule has 1 aromatic carbocycles. The first-order valence-corrected chi connectivity index (χ1v) is 7.02. The Labute approximate surface area is 120 Å². The van der Waals surface area contributed by atoms with E-state index in [-0.39, 0.29) is 6.04 Å². The van der Waals surface area contributed by atoms with Crippen LogP contribution in [0.4, 0.5) is 0 Å². The van der Waals surface area contributed by atoms with Gasteiger partial charge in [-0.25, -0.2) is 0 Å². The highest BCUT2D eigenvalue weighted by Gasteiger charge is 2.07. The largest absolute Gasteiger partial charge is 0.487 e. The van der Waals surface area contributed by atoms with Crippen LogP contribution in [-0.4, -0.2) is 9.78 Å². The van der Waals surface area contributed by atoms with E-state index < -0.39 is 0 Å². The minimum Gasteiger partial charge on any atom is -0.487 e. The number of benzene rings is 1. The van der Waals surface area contributed by atoms with Crippen LogP contribution < -0.4 is 10.5 Å². The second kappa shape index (κ2) is 6.09. The molecule has 0 aliphatic carbocycles. The average molecular weight is 273 g/mol. The average Bonchev–Trinajstić information content (AvgIpc) is 2.78. The van der Waals surface area contributed by atoms with Gasteiger partial charge in [0, 0.05) is 13.1 Å². The Kier molecular flexibility index (Phi) is 4.45. The highest BCUT2D eigenvalue weighted by Crippen LogP contribution is 2.22. The van der Waals surface area contributed by atoms with Gasteiger partial charge in [-0.3, -0.25) is 4.68 Å². The summed E-state index contributed by atoms with van der Waals surface area (Å²) in [6.07, 6.45) is 0.940. The van der Waals surface area contributed by atoms with Crippen molar-refractivity contribution in [1.82, 2.24) is 9.78 Å². The smallest absolute Gasteiger partial charge is 0.130 e. The standard InChI is InChI=1S/C16H23N3O/c1-5-14-9-15(19(4)18-14)10-20-16-7-6-13(12(3)17)8-11(16)2/h6-9,12H,5,10,17H2,1-4H3/t12-/m0/s1. The zero-order chi connectivity index (χ0) is 14.7. The summed E-state index contributed by atoms with van der Waals surface area (Å²) in [6, 6.07) is 8.23. The monoisotopic (exact) mass is 273 g/mol. The number of aryl methyl sites for hydroxylation is 3. The molecule has 0 aliphatic rings. The van der Waals surface area contributed by atoms with Crippen LogP contribution in [0.5, 0.6) is 5.75 Å². The number of nitrogens with zero attached hydrogens (tertiary/aromatic N) is 2. The zero-order valence-electron chi connectivity index (χ0n) is 12.7. The maximum atomic E-state index is 5.89. The van der Waals surface area contributed by atoms with E-state index in [4.69, 9.17) is 10.5 Å². The maximum Gasteiger partial charge on any atom is 0.130 e. The van der Waals surface area contributed by atoms with E-state index in [1.165, 1.54) is 0 Å². The molecular weight excluding hydrogens is 250 g/mol. The molecule has 4 heteroatoms. The summed E-state index contributed by atoms with van der Waals surface area (Å²) in [5.74, 6) is 0.897. The molecule has 0 aliphatic heterocycles. The topological polar surface area (TPSA) is 53.1 Å².